The highest BCUT2D eigenvalue weighted by atomic mass is 28.3. The maximum absolute atomic E-state index is 13.5. The van der Waals surface area contributed by atoms with Gasteiger partial charge in [-0.25, -0.2) is 0 Å². The van der Waals surface area contributed by atoms with Crippen molar-refractivity contribution in [1.29, 1.82) is 0 Å². The molecule has 0 N–H and O–H groups in total. The van der Waals surface area contributed by atoms with E-state index in [1.54, 1.807) is 0 Å². The third kappa shape index (κ3) is 9.50. The lowest BCUT2D eigenvalue weighted by atomic mass is 9.99. The molecule has 0 heterocycles. The zero-order valence-corrected chi connectivity index (χ0v) is 27.5. The average Bonchev–Trinajstić information content (AvgIpc) is 3.01. The van der Waals surface area contributed by atoms with E-state index in [0.717, 1.165) is 30.1 Å². The molecule has 4 rings (SSSR count). The molecular formula is C35H42N4OSi2. The number of hydrogen-bond donors (Lipinski definition) is 0. The number of nitrogens with zero attached hydrogens (tertiary/aromatic N) is 4. The van der Waals surface area contributed by atoms with Gasteiger partial charge in [-0.2, -0.15) is 10.2 Å². The number of ketones is 1. The Morgan fingerprint density at radius 1 is 0.548 bits per heavy atom. The Kier molecular flexibility index (Phi) is 11.6. The highest BCUT2D eigenvalue weighted by Crippen LogP contribution is 2.17. The first kappa shape index (κ1) is 30.9. The quantitative estimate of drug-likeness (QED) is 0.0666. The molecule has 0 spiro atoms. The van der Waals surface area contributed by atoms with Gasteiger partial charge in [0.1, 0.15) is 0 Å². The van der Waals surface area contributed by atoms with Gasteiger partial charge in [-0.1, -0.05) is 148 Å². The molecule has 0 saturated heterocycles. The molecular weight excluding hydrogens is 549 g/mol. The molecule has 5 nitrogen and oxygen atoms in total. The number of carbonyl (C=O) groups is 1. The van der Waals surface area contributed by atoms with Gasteiger partial charge in [-0.15, -0.1) is 0 Å². The minimum absolute atomic E-state index is 0.0752. The van der Waals surface area contributed by atoms with Crippen molar-refractivity contribution in [2.24, 2.45) is 10.2 Å². The standard InChI is InChI=1S/C35H42N4OSi2/c1-41(2)38(27-29-17-9-5-10-18-29)36-33(26-35(40)32-23-15-8-16-24-32)25-34(31-21-13-7-14-22-31)37-39(42(3)4)28-30-19-11-6-12-20-30/h5-24,41-42H,25-28H2,1-4H3. The summed E-state index contributed by atoms with van der Waals surface area (Å²) in [5.41, 5.74) is 6.00. The molecule has 4 aromatic carbocycles. The van der Waals surface area contributed by atoms with Gasteiger partial charge in [0, 0.05) is 12.0 Å². The summed E-state index contributed by atoms with van der Waals surface area (Å²) in [5.74, 6) is 0.0752. The monoisotopic (exact) mass is 590 g/mol. The number of carbonyl (C=O) groups excluding carboxylic acids is 1. The summed E-state index contributed by atoms with van der Waals surface area (Å²) in [7, 11) is -2.66. The molecule has 0 amide bonds. The fourth-order valence-corrected chi connectivity index (χ4v) is 6.52. The van der Waals surface area contributed by atoms with Crippen LogP contribution in [-0.2, 0) is 13.1 Å². The maximum Gasteiger partial charge on any atom is 0.168 e. The average molecular weight is 591 g/mol. The largest absolute Gasteiger partial charge is 0.324 e. The van der Waals surface area contributed by atoms with Gasteiger partial charge in [0.2, 0.25) is 0 Å². The Balaban J connectivity index is 1.73. The van der Waals surface area contributed by atoms with E-state index in [1.807, 2.05) is 60.7 Å². The van der Waals surface area contributed by atoms with Gasteiger partial charge in [0.25, 0.3) is 0 Å². The second kappa shape index (κ2) is 15.8. The maximum atomic E-state index is 13.5. The summed E-state index contributed by atoms with van der Waals surface area (Å²) in [4.78, 5) is 13.5. The van der Waals surface area contributed by atoms with Crippen LogP contribution in [0.15, 0.2) is 132 Å². The Labute approximate surface area is 254 Å². The molecule has 0 aliphatic heterocycles. The summed E-state index contributed by atoms with van der Waals surface area (Å²) in [6.45, 7) is 10.6. The van der Waals surface area contributed by atoms with E-state index >= 15 is 0 Å². The van der Waals surface area contributed by atoms with Crippen molar-refractivity contribution in [1.82, 2.24) is 9.35 Å². The van der Waals surface area contributed by atoms with E-state index < -0.39 is 17.9 Å². The summed E-state index contributed by atoms with van der Waals surface area (Å²) >= 11 is 0. The molecule has 42 heavy (non-hydrogen) atoms. The fourth-order valence-electron chi connectivity index (χ4n) is 4.61. The van der Waals surface area contributed by atoms with Gasteiger partial charge < -0.3 is 9.35 Å². The Morgan fingerprint density at radius 2 is 0.952 bits per heavy atom. The summed E-state index contributed by atoms with van der Waals surface area (Å²) in [6, 6.07) is 40.8. The lowest BCUT2D eigenvalue weighted by Crippen LogP contribution is -2.32. The van der Waals surface area contributed by atoms with E-state index in [1.165, 1.54) is 11.1 Å². The Hall–Kier alpha value is -4.08. The number of rotatable bonds is 14. The van der Waals surface area contributed by atoms with Gasteiger partial charge in [0.05, 0.1) is 30.9 Å². The van der Waals surface area contributed by atoms with Gasteiger partial charge >= 0.3 is 0 Å². The molecule has 0 fully saturated rings. The van der Waals surface area contributed by atoms with Crippen molar-refractivity contribution in [2.75, 3.05) is 0 Å². The molecule has 0 atom stereocenters. The fraction of sp³-hybridized carbons (Fsp3) is 0.229. The van der Waals surface area contributed by atoms with Crippen LogP contribution in [0, 0.1) is 0 Å². The van der Waals surface area contributed by atoms with Crippen LogP contribution in [0.25, 0.3) is 0 Å². The molecule has 0 unspecified atom stereocenters. The third-order valence-electron chi connectivity index (χ3n) is 7.02. The molecule has 0 aliphatic rings. The van der Waals surface area contributed by atoms with Crippen molar-refractivity contribution in [3.05, 3.63) is 144 Å². The highest BCUT2D eigenvalue weighted by Gasteiger charge is 2.19. The van der Waals surface area contributed by atoms with Gasteiger partial charge in [-0.3, -0.25) is 4.79 Å². The second-order valence-corrected chi connectivity index (χ2v) is 16.6. The van der Waals surface area contributed by atoms with Crippen molar-refractivity contribution < 1.29 is 4.79 Å². The van der Waals surface area contributed by atoms with Crippen LogP contribution in [0.5, 0.6) is 0 Å². The number of benzene rings is 4. The third-order valence-corrected chi connectivity index (χ3v) is 10.0. The Bertz CT molecular complexity index is 1440. The first-order chi connectivity index (χ1) is 20.4. The minimum atomic E-state index is -1.35. The molecule has 0 aromatic heterocycles. The predicted molar refractivity (Wildman–Crippen MR) is 182 cm³/mol. The first-order valence-corrected chi connectivity index (χ1v) is 20.4. The zero-order valence-electron chi connectivity index (χ0n) is 25.2. The molecule has 0 saturated carbocycles. The van der Waals surface area contributed by atoms with Crippen molar-refractivity contribution in [3.8, 4) is 0 Å². The topological polar surface area (TPSA) is 48.3 Å². The minimum Gasteiger partial charge on any atom is -0.324 e. The van der Waals surface area contributed by atoms with Crippen LogP contribution >= 0.6 is 0 Å². The van der Waals surface area contributed by atoms with Crippen LogP contribution in [0.1, 0.15) is 39.9 Å². The Morgan fingerprint density at radius 3 is 1.40 bits per heavy atom. The molecule has 0 bridgehead atoms. The van der Waals surface area contributed by atoms with E-state index in [2.05, 4.69) is 96.2 Å². The summed E-state index contributed by atoms with van der Waals surface area (Å²) in [6.07, 6.45) is 0.751. The predicted octanol–water partition coefficient (Wildman–Crippen LogP) is 7.38. The SMILES string of the molecule is C[SiH](C)N(Cc1ccccc1)N=C(CC(=O)c1ccccc1)CC(=NN(Cc1ccccc1)[SiH](C)C)c1ccccc1. The van der Waals surface area contributed by atoms with E-state index in [9.17, 15) is 4.79 Å². The molecule has 0 aliphatic carbocycles. The second-order valence-electron chi connectivity index (χ2n) is 11.1. The van der Waals surface area contributed by atoms with Crippen LogP contribution in [0.4, 0.5) is 0 Å². The summed E-state index contributed by atoms with van der Waals surface area (Å²) in [5, 5.41) is 10.6. The lowest BCUT2D eigenvalue weighted by Gasteiger charge is -2.27. The van der Waals surface area contributed by atoms with Gasteiger partial charge in [-0.05, 0) is 16.7 Å². The normalized spacial score (nSPS) is 12.0. The molecule has 7 heteroatoms. The highest BCUT2D eigenvalue weighted by molar-refractivity contribution is 6.53. The van der Waals surface area contributed by atoms with Gasteiger partial charge in [0.15, 0.2) is 23.7 Å². The van der Waals surface area contributed by atoms with Crippen LogP contribution < -0.4 is 0 Å². The lowest BCUT2D eigenvalue weighted by molar-refractivity contribution is 0.1000. The van der Waals surface area contributed by atoms with Crippen LogP contribution in [0.2, 0.25) is 26.2 Å². The van der Waals surface area contributed by atoms with E-state index in [-0.39, 0.29) is 12.2 Å². The van der Waals surface area contributed by atoms with Crippen LogP contribution in [-0.4, -0.2) is 44.5 Å². The molecule has 216 valence electrons. The van der Waals surface area contributed by atoms with Crippen LogP contribution in [0.3, 0.4) is 0 Å². The van der Waals surface area contributed by atoms with Crippen molar-refractivity contribution in [2.45, 2.75) is 52.1 Å². The molecule has 0 radical (unpaired) electrons. The van der Waals surface area contributed by atoms with E-state index in [4.69, 9.17) is 10.2 Å². The van der Waals surface area contributed by atoms with Crippen molar-refractivity contribution in [3.63, 3.8) is 0 Å². The first-order valence-electron chi connectivity index (χ1n) is 14.8. The number of hydrazone groups is 2. The number of hydrogen-bond acceptors (Lipinski definition) is 5. The van der Waals surface area contributed by atoms with E-state index in [0.29, 0.717) is 12.0 Å². The number of Topliss-reactive ketones (excluding diaryl/α,β-unsaturated/α-hetero) is 1. The zero-order chi connectivity index (χ0) is 29.7. The molecule has 4 aromatic rings. The summed E-state index contributed by atoms with van der Waals surface area (Å²) < 4.78 is 4.50. The van der Waals surface area contributed by atoms with Crippen molar-refractivity contribution >= 4 is 35.1 Å². The smallest absolute Gasteiger partial charge is 0.168 e.